The monoisotopic (exact) mass is 228 g/mol. The van der Waals surface area contributed by atoms with Gasteiger partial charge in [-0.3, -0.25) is 4.90 Å². The van der Waals surface area contributed by atoms with Gasteiger partial charge in [-0.1, -0.05) is 13.8 Å². The van der Waals surface area contributed by atoms with Gasteiger partial charge in [-0.25, -0.2) is 9.78 Å². The van der Waals surface area contributed by atoms with E-state index in [2.05, 4.69) is 23.7 Å². The van der Waals surface area contributed by atoms with Crippen LogP contribution in [0.25, 0.3) is 0 Å². The first-order chi connectivity index (χ1) is 7.08. The second-order valence-corrected chi connectivity index (χ2v) is 4.56. The predicted molar refractivity (Wildman–Crippen MR) is 60.4 cm³/mol. The number of rotatable bonds is 5. The first-order valence-electron chi connectivity index (χ1n) is 5.00. The van der Waals surface area contributed by atoms with Crippen molar-refractivity contribution in [3.8, 4) is 0 Å². The molecule has 1 heterocycles. The summed E-state index contributed by atoms with van der Waals surface area (Å²) in [5.74, 6) is -0.929. The summed E-state index contributed by atoms with van der Waals surface area (Å²) in [6, 6.07) is 0. The van der Waals surface area contributed by atoms with Gasteiger partial charge in [0.25, 0.3) is 0 Å². The van der Waals surface area contributed by atoms with Crippen molar-refractivity contribution in [1.82, 2.24) is 9.88 Å². The number of carboxylic acids is 1. The number of aryl methyl sites for hydroxylation is 1. The van der Waals surface area contributed by atoms with Crippen LogP contribution in [0.1, 0.15) is 34.2 Å². The SMILES string of the molecule is CCN(CC)Cc1sc(C)nc1C(=O)O. The number of carboxylic acid groups (broad SMARTS) is 1. The van der Waals surface area contributed by atoms with Crippen LogP contribution in [0.15, 0.2) is 0 Å². The third-order valence-corrected chi connectivity index (χ3v) is 3.22. The molecule has 0 amide bonds. The highest BCUT2D eigenvalue weighted by molar-refractivity contribution is 7.11. The van der Waals surface area contributed by atoms with E-state index in [0.717, 1.165) is 23.0 Å². The fraction of sp³-hybridized carbons (Fsp3) is 0.600. The highest BCUT2D eigenvalue weighted by Gasteiger charge is 2.17. The lowest BCUT2D eigenvalue weighted by Crippen LogP contribution is -2.22. The summed E-state index contributed by atoms with van der Waals surface area (Å²) < 4.78 is 0. The van der Waals surface area contributed by atoms with Gasteiger partial charge in [-0.05, 0) is 20.0 Å². The minimum atomic E-state index is -0.929. The third kappa shape index (κ3) is 3.00. The standard InChI is InChI=1S/C10H16N2O2S/c1-4-12(5-2)6-8-9(10(13)14)11-7(3)15-8/h4-6H2,1-3H3,(H,13,14). The molecule has 15 heavy (non-hydrogen) atoms. The molecular weight excluding hydrogens is 212 g/mol. The van der Waals surface area contributed by atoms with E-state index in [4.69, 9.17) is 5.11 Å². The van der Waals surface area contributed by atoms with Crippen LogP contribution in [0.4, 0.5) is 0 Å². The van der Waals surface area contributed by atoms with E-state index in [9.17, 15) is 4.79 Å². The van der Waals surface area contributed by atoms with Gasteiger partial charge in [0, 0.05) is 6.54 Å². The van der Waals surface area contributed by atoms with Crippen molar-refractivity contribution < 1.29 is 9.90 Å². The molecular formula is C10H16N2O2S. The Labute approximate surface area is 93.6 Å². The van der Waals surface area contributed by atoms with Crippen LogP contribution in [0.2, 0.25) is 0 Å². The molecule has 0 aliphatic carbocycles. The molecule has 1 rings (SSSR count). The molecule has 0 saturated carbocycles. The van der Waals surface area contributed by atoms with Gasteiger partial charge in [-0.15, -0.1) is 11.3 Å². The Bertz CT molecular complexity index is 345. The average molecular weight is 228 g/mol. The molecule has 0 saturated heterocycles. The van der Waals surface area contributed by atoms with E-state index in [1.165, 1.54) is 11.3 Å². The summed E-state index contributed by atoms with van der Waals surface area (Å²) in [6.45, 7) is 8.50. The number of hydrogen-bond acceptors (Lipinski definition) is 4. The second kappa shape index (κ2) is 5.23. The molecule has 0 atom stereocenters. The fourth-order valence-electron chi connectivity index (χ4n) is 1.39. The minimum absolute atomic E-state index is 0.212. The second-order valence-electron chi connectivity index (χ2n) is 3.27. The third-order valence-electron chi connectivity index (χ3n) is 2.27. The van der Waals surface area contributed by atoms with Gasteiger partial charge in [0.2, 0.25) is 0 Å². The number of carbonyl (C=O) groups is 1. The zero-order chi connectivity index (χ0) is 11.4. The Hall–Kier alpha value is -0.940. The van der Waals surface area contributed by atoms with Crippen molar-refractivity contribution in [2.24, 2.45) is 0 Å². The maximum atomic E-state index is 10.9. The molecule has 0 bridgehead atoms. The van der Waals surface area contributed by atoms with Crippen molar-refractivity contribution >= 4 is 17.3 Å². The van der Waals surface area contributed by atoms with Crippen LogP contribution < -0.4 is 0 Å². The van der Waals surface area contributed by atoms with Crippen molar-refractivity contribution in [3.05, 3.63) is 15.6 Å². The molecule has 1 N–H and O–H groups in total. The smallest absolute Gasteiger partial charge is 0.355 e. The van der Waals surface area contributed by atoms with Crippen molar-refractivity contribution in [2.75, 3.05) is 13.1 Å². The van der Waals surface area contributed by atoms with Crippen molar-refractivity contribution in [1.29, 1.82) is 0 Å². The topological polar surface area (TPSA) is 53.4 Å². The van der Waals surface area contributed by atoms with Crippen molar-refractivity contribution in [3.63, 3.8) is 0 Å². The van der Waals surface area contributed by atoms with Gasteiger partial charge in [0.15, 0.2) is 5.69 Å². The Balaban J connectivity index is 2.88. The molecule has 0 aliphatic heterocycles. The number of thiazole rings is 1. The number of aromatic carboxylic acids is 1. The van der Waals surface area contributed by atoms with Crippen LogP contribution in [-0.4, -0.2) is 34.0 Å². The highest BCUT2D eigenvalue weighted by atomic mass is 32.1. The Morgan fingerprint density at radius 2 is 2.07 bits per heavy atom. The summed E-state index contributed by atoms with van der Waals surface area (Å²) in [5.41, 5.74) is 0.212. The van der Waals surface area contributed by atoms with Crippen LogP contribution in [-0.2, 0) is 6.54 Å². The molecule has 0 aliphatic rings. The maximum absolute atomic E-state index is 10.9. The number of nitrogens with zero attached hydrogens (tertiary/aromatic N) is 2. The molecule has 1 aromatic rings. The molecule has 0 radical (unpaired) electrons. The number of aromatic nitrogens is 1. The molecule has 4 nitrogen and oxygen atoms in total. The molecule has 0 unspecified atom stereocenters. The highest BCUT2D eigenvalue weighted by Crippen LogP contribution is 2.19. The summed E-state index contributed by atoms with van der Waals surface area (Å²) >= 11 is 1.47. The van der Waals surface area contributed by atoms with Crippen LogP contribution in [0.3, 0.4) is 0 Å². The van der Waals surface area contributed by atoms with Gasteiger partial charge in [0.1, 0.15) is 0 Å². The van der Waals surface area contributed by atoms with Crippen molar-refractivity contribution in [2.45, 2.75) is 27.3 Å². The molecule has 0 fully saturated rings. The normalized spacial score (nSPS) is 10.9. The molecule has 84 valence electrons. The minimum Gasteiger partial charge on any atom is -0.476 e. The Morgan fingerprint density at radius 1 is 1.47 bits per heavy atom. The van der Waals surface area contributed by atoms with Gasteiger partial charge >= 0.3 is 5.97 Å². The largest absolute Gasteiger partial charge is 0.476 e. The van der Waals surface area contributed by atoms with Gasteiger partial charge in [0.05, 0.1) is 9.88 Å². The van der Waals surface area contributed by atoms with Crippen LogP contribution in [0.5, 0.6) is 0 Å². The lowest BCUT2D eigenvalue weighted by atomic mass is 10.3. The first kappa shape index (κ1) is 12.1. The van der Waals surface area contributed by atoms with E-state index in [0.29, 0.717) is 6.54 Å². The molecule has 0 spiro atoms. The van der Waals surface area contributed by atoms with E-state index in [1.54, 1.807) is 0 Å². The molecule has 1 aromatic heterocycles. The summed E-state index contributed by atoms with van der Waals surface area (Å²) in [4.78, 5) is 18.0. The molecule has 5 heteroatoms. The summed E-state index contributed by atoms with van der Waals surface area (Å²) in [6.07, 6.45) is 0. The first-order valence-corrected chi connectivity index (χ1v) is 5.82. The molecule has 0 aromatic carbocycles. The van der Waals surface area contributed by atoms with Crippen LogP contribution in [0, 0.1) is 6.92 Å². The summed E-state index contributed by atoms with van der Waals surface area (Å²) in [5, 5.41) is 9.78. The summed E-state index contributed by atoms with van der Waals surface area (Å²) in [7, 11) is 0. The van der Waals surface area contributed by atoms with Gasteiger partial charge < -0.3 is 5.11 Å². The van der Waals surface area contributed by atoms with Crippen LogP contribution >= 0.6 is 11.3 Å². The average Bonchev–Trinajstić information content (AvgIpc) is 2.56. The van der Waals surface area contributed by atoms with E-state index in [1.807, 2.05) is 6.92 Å². The van der Waals surface area contributed by atoms with E-state index < -0.39 is 5.97 Å². The lowest BCUT2D eigenvalue weighted by molar-refractivity contribution is 0.0689. The zero-order valence-corrected chi connectivity index (χ0v) is 10.1. The lowest BCUT2D eigenvalue weighted by Gasteiger charge is -2.16. The Morgan fingerprint density at radius 3 is 2.53 bits per heavy atom. The van der Waals surface area contributed by atoms with E-state index >= 15 is 0 Å². The Kier molecular flexibility index (Phi) is 4.23. The quantitative estimate of drug-likeness (QED) is 0.837. The fourth-order valence-corrected chi connectivity index (χ4v) is 2.36. The predicted octanol–water partition coefficient (Wildman–Crippen LogP) is 1.99. The van der Waals surface area contributed by atoms with E-state index in [-0.39, 0.29) is 5.69 Å². The maximum Gasteiger partial charge on any atom is 0.355 e. The number of hydrogen-bond donors (Lipinski definition) is 1. The van der Waals surface area contributed by atoms with Gasteiger partial charge in [-0.2, -0.15) is 0 Å². The zero-order valence-electron chi connectivity index (χ0n) is 9.28.